The summed E-state index contributed by atoms with van der Waals surface area (Å²) in [6.45, 7) is 3.80. The molecule has 3 N–H and O–H groups in total. The molecule has 4 nitrogen and oxygen atoms in total. The van der Waals surface area contributed by atoms with E-state index >= 15 is 0 Å². The van der Waals surface area contributed by atoms with Crippen molar-refractivity contribution in [1.29, 1.82) is 0 Å². The Morgan fingerprint density at radius 2 is 2.05 bits per heavy atom. The SMILES string of the molecule is Cc1cc(C(=O)NN)c(C)n1-c1ccc(Br)c(Cl)c1. The minimum atomic E-state index is -0.303. The number of rotatable bonds is 2. The average Bonchev–Trinajstić information content (AvgIpc) is 2.68. The highest BCUT2D eigenvalue weighted by Gasteiger charge is 2.16. The van der Waals surface area contributed by atoms with E-state index in [1.54, 1.807) is 6.07 Å². The first-order valence-corrected chi connectivity index (χ1v) is 6.78. The highest BCUT2D eigenvalue weighted by molar-refractivity contribution is 9.10. The summed E-state index contributed by atoms with van der Waals surface area (Å²) in [6.07, 6.45) is 0. The molecule has 0 atom stereocenters. The van der Waals surface area contributed by atoms with Gasteiger partial charge in [0.25, 0.3) is 5.91 Å². The number of nitrogens with two attached hydrogens (primary N) is 1. The molecule has 0 aliphatic heterocycles. The third-order valence-corrected chi connectivity index (χ3v) is 4.20. The zero-order chi connectivity index (χ0) is 14.2. The molecule has 100 valence electrons. The number of hydrazine groups is 1. The lowest BCUT2D eigenvalue weighted by molar-refractivity contribution is 0.0953. The fourth-order valence-corrected chi connectivity index (χ4v) is 2.51. The van der Waals surface area contributed by atoms with Crippen molar-refractivity contribution in [2.75, 3.05) is 0 Å². The van der Waals surface area contributed by atoms with Crippen LogP contribution in [0, 0.1) is 13.8 Å². The predicted molar refractivity (Wildman–Crippen MR) is 79.6 cm³/mol. The molecule has 0 aliphatic carbocycles. The summed E-state index contributed by atoms with van der Waals surface area (Å²) >= 11 is 9.46. The highest BCUT2D eigenvalue weighted by Crippen LogP contribution is 2.27. The van der Waals surface area contributed by atoms with Gasteiger partial charge in [0.2, 0.25) is 0 Å². The maximum atomic E-state index is 11.7. The molecule has 0 spiro atoms. The number of halogens is 2. The molecule has 6 heteroatoms. The first-order valence-electron chi connectivity index (χ1n) is 5.61. The van der Waals surface area contributed by atoms with Crippen LogP contribution in [0.4, 0.5) is 0 Å². The van der Waals surface area contributed by atoms with E-state index in [-0.39, 0.29) is 5.91 Å². The van der Waals surface area contributed by atoms with E-state index in [0.717, 1.165) is 21.5 Å². The van der Waals surface area contributed by atoms with Gasteiger partial charge in [-0.05, 0) is 54.0 Å². The molecule has 1 amide bonds. The number of amides is 1. The van der Waals surface area contributed by atoms with E-state index in [9.17, 15) is 4.79 Å². The minimum Gasteiger partial charge on any atom is -0.318 e. The van der Waals surface area contributed by atoms with Crippen molar-refractivity contribution >= 4 is 33.4 Å². The monoisotopic (exact) mass is 341 g/mol. The molecule has 0 bridgehead atoms. The molecule has 0 fully saturated rings. The number of aryl methyl sites for hydroxylation is 1. The van der Waals surface area contributed by atoms with E-state index in [1.165, 1.54) is 0 Å². The fourth-order valence-electron chi connectivity index (χ4n) is 2.09. The zero-order valence-corrected chi connectivity index (χ0v) is 12.8. The topological polar surface area (TPSA) is 60.1 Å². The number of nitrogen functional groups attached to an aromatic ring is 1. The van der Waals surface area contributed by atoms with E-state index in [1.807, 2.05) is 36.6 Å². The minimum absolute atomic E-state index is 0.303. The van der Waals surface area contributed by atoms with Crippen molar-refractivity contribution in [2.24, 2.45) is 5.84 Å². The lowest BCUT2D eigenvalue weighted by Gasteiger charge is -2.11. The molecule has 1 heterocycles. The molecule has 1 aromatic heterocycles. The molecule has 2 aromatic rings. The summed E-state index contributed by atoms with van der Waals surface area (Å²) in [4.78, 5) is 11.7. The van der Waals surface area contributed by atoms with Gasteiger partial charge in [0, 0.05) is 21.5 Å². The predicted octanol–water partition coefficient (Wildman–Crippen LogP) is 3.11. The molecule has 19 heavy (non-hydrogen) atoms. The largest absolute Gasteiger partial charge is 0.318 e. The van der Waals surface area contributed by atoms with Crippen molar-refractivity contribution in [3.8, 4) is 5.69 Å². The van der Waals surface area contributed by atoms with Gasteiger partial charge in [0.05, 0.1) is 10.6 Å². The van der Waals surface area contributed by atoms with E-state index in [4.69, 9.17) is 17.4 Å². The van der Waals surface area contributed by atoms with Crippen LogP contribution in [0.1, 0.15) is 21.7 Å². The van der Waals surface area contributed by atoms with Crippen LogP contribution < -0.4 is 11.3 Å². The van der Waals surface area contributed by atoms with Crippen LogP contribution in [0.2, 0.25) is 5.02 Å². The second-order valence-electron chi connectivity index (χ2n) is 4.19. The zero-order valence-electron chi connectivity index (χ0n) is 10.5. The lowest BCUT2D eigenvalue weighted by atomic mass is 10.2. The molecule has 0 unspecified atom stereocenters. The van der Waals surface area contributed by atoms with Crippen LogP contribution in [0.5, 0.6) is 0 Å². The van der Waals surface area contributed by atoms with Crippen molar-refractivity contribution in [2.45, 2.75) is 13.8 Å². The van der Waals surface area contributed by atoms with E-state index in [2.05, 4.69) is 21.4 Å². The molecule has 2 rings (SSSR count). The lowest BCUT2D eigenvalue weighted by Crippen LogP contribution is -2.30. The van der Waals surface area contributed by atoms with Gasteiger partial charge < -0.3 is 4.57 Å². The first-order chi connectivity index (χ1) is 8.95. The number of benzene rings is 1. The number of aromatic nitrogens is 1. The molecule has 0 aliphatic rings. The van der Waals surface area contributed by atoms with Crippen molar-refractivity contribution in [3.05, 3.63) is 50.7 Å². The maximum absolute atomic E-state index is 11.7. The first kappa shape index (κ1) is 14.1. The Kier molecular flexibility index (Phi) is 3.99. The Labute approximate surface area is 124 Å². The Morgan fingerprint density at radius 3 is 2.63 bits per heavy atom. The van der Waals surface area contributed by atoms with Crippen LogP contribution in [-0.2, 0) is 0 Å². The number of nitrogens with one attached hydrogen (secondary N) is 1. The third-order valence-electron chi connectivity index (χ3n) is 2.97. The number of hydrogen-bond donors (Lipinski definition) is 2. The van der Waals surface area contributed by atoms with E-state index < -0.39 is 0 Å². The number of carbonyl (C=O) groups excluding carboxylic acids is 1. The molecular formula is C13H13BrClN3O. The number of hydrogen-bond acceptors (Lipinski definition) is 2. The second-order valence-corrected chi connectivity index (χ2v) is 5.45. The van der Waals surface area contributed by atoms with Crippen molar-refractivity contribution in [1.82, 2.24) is 9.99 Å². The Bertz CT molecular complexity index is 652. The normalized spacial score (nSPS) is 10.6. The van der Waals surface area contributed by atoms with Gasteiger partial charge in [-0.3, -0.25) is 10.2 Å². The van der Waals surface area contributed by atoms with Gasteiger partial charge in [0.15, 0.2) is 0 Å². The van der Waals surface area contributed by atoms with Crippen molar-refractivity contribution in [3.63, 3.8) is 0 Å². The van der Waals surface area contributed by atoms with Crippen LogP contribution >= 0.6 is 27.5 Å². The Morgan fingerprint density at radius 1 is 1.37 bits per heavy atom. The van der Waals surface area contributed by atoms with Gasteiger partial charge in [-0.2, -0.15) is 0 Å². The standard InChI is InChI=1S/C13H13BrClN3O/c1-7-5-10(13(19)17-16)8(2)18(7)9-3-4-11(14)12(15)6-9/h3-6H,16H2,1-2H3,(H,17,19). The van der Waals surface area contributed by atoms with Crippen LogP contribution in [-0.4, -0.2) is 10.5 Å². The van der Waals surface area contributed by atoms with Gasteiger partial charge in [0.1, 0.15) is 0 Å². The summed E-state index contributed by atoms with van der Waals surface area (Å²) in [5.41, 5.74) is 5.36. The summed E-state index contributed by atoms with van der Waals surface area (Å²) in [5, 5.41) is 0.620. The van der Waals surface area contributed by atoms with Crippen LogP contribution in [0.25, 0.3) is 5.69 Å². The molecular weight excluding hydrogens is 330 g/mol. The maximum Gasteiger partial charge on any atom is 0.267 e. The van der Waals surface area contributed by atoms with E-state index in [0.29, 0.717) is 10.6 Å². The van der Waals surface area contributed by atoms with Crippen molar-refractivity contribution < 1.29 is 4.79 Å². The van der Waals surface area contributed by atoms with Gasteiger partial charge in [-0.25, -0.2) is 5.84 Å². The van der Waals surface area contributed by atoms with Gasteiger partial charge in [-0.1, -0.05) is 11.6 Å². The summed E-state index contributed by atoms with van der Waals surface area (Å²) < 4.78 is 2.79. The Balaban J connectivity index is 2.59. The van der Waals surface area contributed by atoms with Gasteiger partial charge in [-0.15, -0.1) is 0 Å². The smallest absolute Gasteiger partial charge is 0.267 e. The molecule has 0 saturated carbocycles. The second kappa shape index (κ2) is 5.36. The summed E-state index contributed by atoms with van der Waals surface area (Å²) in [7, 11) is 0. The highest BCUT2D eigenvalue weighted by atomic mass is 79.9. The number of nitrogens with zero attached hydrogens (tertiary/aromatic N) is 1. The third kappa shape index (κ3) is 2.54. The molecule has 0 radical (unpaired) electrons. The Hall–Kier alpha value is -1.30. The summed E-state index contributed by atoms with van der Waals surface area (Å²) in [5.74, 6) is 4.88. The quantitative estimate of drug-likeness (QED) is 0.500. The fraction of sp³-hybridized carbons (Fsp3) is 0.154. The summed E-state index contributed by atoms with van der Waals surface area (Å²) in [6, 6.07) is 7.45. The van der Waals surface area contributed by atoms with Crippen LogP contribution in [0.15, 0.2) is 28.7 Å². The molecule has 1 aromatic carbocycles. The average molecular weight is 343 g/mol. The molecule has 0 saturated heterocycles. The number of carbonyl (C=O) groups is 1. The van der Waals surface area contributed by atoms with Gasteiger partial charge >= 0.3 is 0 Å². The van der Waals surface area contributed by atoms with Crippen LogP contribution in [0.3, 0.4) is 0 Å².